The topological polar surface area (TPSA) is 25.8 Å². The van der Waals surface area contributed by atoms with Crippen molar-refractivity contribution in [2.75, 3.05) is 0 Å². The van der Waals surface area contributed by atoms with Gasteiger partial charge in [0, 0.05) is 22.1 Å². The van der Waals surface area contributed by atoms with Crippen LogP contribution in [-0.4, -0.2) is 9.97 Å². The largest absolute Gasteiger partial charge is 0.228 e. The smallest absolute Gasteiger partial charge is 0.160 e. The van der Waals surface area contributed by atoms with Crippen LogP contribution in [0.2, 0.25) is 0 Å². The van der Waals surface area contributed by atoms with Crippen molar-refractivity contribution in [3.05, 3.63) is 168 Å². The van der Waals surface area contributed by atoms with E-state index in [9.17, 15) is 0 Å². The first-order chi connectivity index (χ1) is 22.9. The normalized spacial score (nSPS) is 12.9. The third-order valence-corrected chi connectivity index (χ3v) is 9.81. The molecule has 6 aromatic carbocycles. The van der Waals surface area contributed by atoms with E-state index >= 15 is 0 Å². The monoisotopic (exact) mass is 604 g/mol. The number of aryl methyl sites for hydroxylation is 2. The van der Waals surface area contributed by atoms with Crippen molar-refractivity contribution in [1.29, 1.82) is 0 Å². The highest BCUT2D eigenvalue weighted by atomic mass is 14.9. The first-order valence-corrected chi connectivity index (χ1v) is 16.3. The van der Waals surface area contributed by atoms with Gasteiger partial charge in [0.2, 0.25) is 0 Å². The zero-order chi connectivity index (χ0) is 32.1. The van der Waals surface area contributed by atoms with Gasteiger partial charge in [0.25, 0.3) is 0 Å². The third kappa shape index (κ3) is 5.07. The molecule has 0 spiro atoms. The fourth-order valence-electron chi connectivity index (χ4n) is 7.18. The van der Waals surface area contributed by atoms with Gasteiger partial charge < -0.3 is 0 Å². The fraction of sp³-hybridized carbons (Fsp3) is 0.111. The summed E-state index contributed by atoms with van der Waals surface area (Å²) in [4.78, 5) is 10.4. The zero-order valence-corrected chi connectivity index (χ0v) is 27.3. The molecule has 0 saturated heterocycles. The summed E-state index contributed by atoms with van der Waals surface area (Å²) in [6.45, 7) is 9.00. The molecule has 0 saturated carbocycles. The SMILES string of the molecule is Cc1ccccc1-c1ccc(-c2nc(-c3ccc(-c4ccccc4)cc3)cc(-c3ccc4c(c3)C(C)(C)c3ccccc3-4)n2)cc1C. The van der Waals surface area contributed by atoms with Gasteiger partial charge in [-0.15, -0.1) is 0 Å². The van der Waals surface area contributed by atoms with Gasteiger partial charge in [0.1, 0.15) is 0 Å². The molecule has 0 fully saturated rings. The summed E-state index contributed by atoms with van der Waals surface area (Å²) in [5, 5.41) is 0. The molecule has 8 rings (SSSR count). The van der Waals surface area contributed by atoms with Gasteiger partial charge in [-0.3, -0.25) is 0 Å². The van der Waals surface area contributed by atoms with E-state index in [1.165, 1.54) is 55.6 Å². The Labute approximate surface area is 277 Å². The fourth-order valence-corrected chi connectivity index (χ4v) is 7.18. The van der Waals surface area contributed by atoms with Crippen molar-refractivity contribution < 1.29 is 0 Å². The molecule has 2 nitrogen and oxygen atoms in total. The molecule has 0 radical (unpaired) electrons. The molecule has 47 heavy (non-hydrogen) atoms. The minimum atomic E-state index is -0.0869. The predicted molar refractivity (Wildman–Crippen MR) is 196 cm³/mol. The molecular weight excluding hydrogens is 569 g/mol. The number of nitrogens with zero attached hydrogens (tertiary/aromatic N) is 2. The lowest BCUT2D eigenvalue weighted by atomic mass is 9.82. The van der Waals surface area contributed by atoms with Crippen LogP contribution in [0.1, 0.15) is 36.1 Å². The molecule has 0 bridgehead atoms. The minimum absolute atomic E-state index is 0.0869. The highest BCUT2D eigenvalue weighted by Crippen LogP contribution is 2.49. The van der Waals surface area contributed by atoms with E-state index in [0.29, 0.717) is 0 Å². The van der Waals surface area contributed by atoms with Gasteiger partial charge >= 0.3 is 0 Å². The molecule has 1 aromatic heterocycles. The molecule has 0 N–H and O–H groups in total. The number of aromatic nitrogens is 2. The van der Waals surface area contributed by atoms with Gasteiger partial charge in [-0.2, -0.15) is 0 Å². The summed E-state index contributed by atoms with van der Waals surface area (Å²) >= 11 is 0. The zero-order valence-electron chi connectivity index (χ0n) is 27.3. The van der Waals surface area contributed by atoms with Gasteiger partial charge in [-0.25, -0.2) is 9.97 Å². The first-order valence-electron chi connectivity index (χ1n) is 16.3. The van der Waals surface area contributed by atoms with Crippen LogP contribution in [0.15, 0.2) is 146 Å². The number of fused-ring (bicyclic) bond motifs is 3. The predicted octanol–water partition coefficient (Wildman–Crippen LogP) is 11.7. The second-order valence-electron chi connectivity index (χ2n) is 13.2. The summed E-state index contributed by atoms with van der Waals surface area (Å²) < 4.78 is 0. The van der Waals surface area contributed by atoms with E-state index in [1.807, 2.05) is 0 Å². The average Bonchev–Trinajstić information content (AvgIpc) is 3.34. The molecule has 1 heterocycles. The van der Waals surface area contributed by atoms with Crippen LogP contribution in [0.3, 0.4) is 0 Å². The van der Waals surface area contributed by atoms with Crippen molar-refractivity contribution in [2.24, 2.45) is 0 Å². The Morgan fingerprint density at radius 1 is 0.383 bits per heavy atom. The standard InChI is InChI=1S/C45H36N2/c1-29-12-8-9-15-36(29)37-24-23-35(26-30(37)2)44-46-42(33-20-18-32(19-21-33)31-13-6-5-7-14-31)28-43(47-44)34-22-25-39-38-16-10-11-17-40(38)45(3,4)41(39)27-34/h5-28H,1-4H3. The Balaban J connectivity index is 1.26. The van der Waals surface area contributed by atoms with Crippen LogP contribution in [-0.2, 0) is 5.41 Å². The molecule has 1 aliphatic rings. The van der Waals surface area contributed by atoms with Crippen molar-refractivity contribution in [3.8, 4) is 67.3 Å². The van der Waals surface area contributed by atoms with E-state index < -0.39 is 0 Å². The summed E-state index contributed by atoms with van der Waals surface area (Å²) in [5.41, 5.74) is 17.6. The van der Waals surface area contributed by atoms with E-state index in [1.54, 1.807) is 0 Å². The third-order valence-electron chi connectivity index (χ3n) is 9.81. The maximum absolute atomic E-state index is 5.24. The second-order valence-corrected chi connectivity index (χ2v) is 13.2. The van der Waals surface area contributed by atoms with Crippen molar-refractivity contribution in [2.45, 2.75) is 33.1 Å². The molecule has 226 valence electrons. The summed E-state index contributed by atoms with van der Waals surface area (Å²) in [5.74, 6) is 0.729. The Morgan fingerprint density at radius 2 is 0.915 bits per heavy atom. The Bertz CT molecular complexity index is 2280. The summed E-state index contributed by atoms with van der Waals surface area (Å²) in [6, 6.07) is 52.1. The highest BCUT2D eigenvalue weighted by Gasteiger charge is 2.35. The lowest BCUT2D eigenvalue weighted by Crippen LogP contribution is -2.14. The number of rotatable bonds is 5. The van der Waals surface area contributed by atoms with Gasteiger partial charge in [0.15, 0.2) is 5.82 Å². The van der Waals surface area contributed by atoms with Crippen molar-refractivity contribution >= 4 is 0 Å². The van der Waals surface area contributed by atoms with Crippen LogP contribution < -0.4 is 0 Å². The summed E-state index contributed by atoms with van der Waals surface area (Å²) in [6.07, 6.45) is 0. The number of benzene rings is 6. The van der Waals surface area contributed by atoms with Gasteiger partial charge in [-0.05, 0) is 87.7 Å². The highest BCUT2D eigenvalue weighted by molar-refractivity contribution is 5.84. The van der Waals surface area contributed by atoms with E-state index in [4.69, 9.17) is 9.97 Å². The van der Waals surface area contributed by atoms with Crippen molar-refractivity contribution in [1.82, 2.24) is 9.97 Å². The minimum Gasteiger partial charge on any atom is -0.228 e. The van der Waals surface area contributed by atoms with Crippen LogP contribution in [0.5, 0.6) is 0 Å². The lowest BCUT2D eigenvalue weighted by molar-refractivity contribution is 0.660. The average molecular weight is 605 g/mol. The summed E-state index contributed by atoms with van der Waals surface area (Å²) in [7, 11) is 0. The van der Waals surface area contributed by atoms with Gasteiger partial charge in [0.05, 0.1) is 11.4 Å². The molecule has 0 amide bonds. The Hall–Kier alpha value is -5.60. The molecule has 2 heteroatoms. The Morgan fingerprint density at radius 3 is 1.66 bits per heavy atom. The molecular formula is C45H36N2. The van der Waals surface area contributed by atoms with Crippen LogP contribution >= 0.6 is 0 Å². The maximum atomic E-state index is 5.24. The van der Waals surface area contributed by atoms with Crippen LogP contribution in [0.25, 0.3) is 67.3 Å². The molecule has 7 aromatic rings. The first kappa shape index (κ1) is 28.8. The van der Waals surface area contributed by atoms with Crippen LogP contribution in [0.4, 0.5) is 0 Å². The van der Waals surface area contributed by atoms with E-state index in [2.05, 4.69) is 173 Å². The number of hydrogen-bond acceptors (Lipinski definition) is 2. The van der Waals surface area contributed by atoms with E-state index in [-0.39, 0.29) is 5.41 Å². The lowest BCUT2D eigenvalue weighted by Gasteiger charge is -2.22. The quantitative estimate of drug-likeness (QED) is 0.195. The maximum Gasteiger partial charge on any atom is 0.160 e. The number of hydrogen-bond donors (Lipinski definition) is 0. The van der Waals surface area contributed by atoms with Crippen molar-refractivity contribution in [3.63, 3.8) is 0 Å². The van der Waals surface area contributed by atoms with E-state index in [0.717, 1.165) is 33.9 Å². The van der Waals surface area contributed by atoms with Crippen LogP contribution in [0, 0.1) is 13.8 Å². The molecule has 0 aliphatic heterocycles. The Kier molecular flexibility index (Phi) is 6.95. The molecule has 0 unspecified atom stereocenters. The second kappa shape index (κ2) is 11.3. The van der Waals surface area contributed by atoms with Gasteiger partial charge in [-0.1, -0.05) is 141 Å². The molecule has 0 atom stereocenters. The molecule has 1 aliphatic carbocycles.